The summed E-state index contributed by atoms with van der Waals surface area (Å²) in [7, 11) is 0. The predicted molar refractivity (Wildman–Crippen MR) is 70.9 cm³/mol. The van der Waals surface area contributed by atoms with Crippen LogP contribution in [-0.4, -0.2) is 35.2 Å². The van der Waals surface area contributed by atoms with Crippen LogP contribution in [0.15, 0.2) is 0 Å². The molecule has 1 amide bonds. The van der Waals surface area contributed by atoms with Crippen molar-refractivity contribution >= 4 is 5.91 Å². The van der Waals surface area contributed by atoms with E-state index in [1.807, 2.05) is 20.8 Å². The van der Waals surface area contributed by atoms with Gasteiger partial charge in [0.1, 0.15) is 0 Å². The van der Waals surface area contributed by atoms with E-state index in [0.29, 0.717) is 13.0 Å². The van der Waals surface area contributed by atoms with Gasteiger partial charge in [0, 0.05) is 17.7 Å². The van der Waals surface area contributed by atoms with Crippen molar-refractivity contribution < 1.29 is 9.90 Å². The minimum Gasteiger partial charge on any atom is -0.396 e. The van der Waals surface area contributed by atoms with Crippen molar-refractivity contribution in [1.82, 2.24) is 10.6 Å². The Morgan fingerprint density at radius 1 is 1.18 bits per heavy atom. The van der Waals surface area contributed by atoms with Gasteiger partial charge in [0.2, 0.25) is 5.91 Å². The summed E-state index contributed by atoms with van der Waals surface area (Å²) in [6.07, 6.45) is 2.45. The van der Waals surface area contributed by atoms with Crippen molar-refractivity contribution in [3.8, 4) is 0 Å². The molecular formula is C13H28N2O2. The first-order chi connectivity index (χ1) is 7.78. The lowest BCUT2D eigenvalue weighted by atomic mass is 9.95. The summed E-state index contributed by atoms with van der Waals surface area (Å²) in [6.45, 7) is 10.6. The van der Waals surface area contributed by atoms with E-state index in [2.05, 4.69) is 24.5 Å². The van der Waals surface area contributed by atoms with Gasteiger partial charge in [0.05, 0.1) is 6.54 Å². The normalized spacial score (nSPS) is 15.4. The van der Waals surface area contributed by atoms with E-state index < -0.39 is 0 Å². The van der Waals surface area contributed by atoms with E-state index in [1.54, 1.807) is 0 Å². The molecule has 0 aromatic heterocycles. The summed E-state index contributed by atoms with van der Waals surface area (Å²) in [4.78, 5) is 11.7. The van der Waals surface area contributed by atoms with Crippen molar-refractivity contribution in [3.63, 3.8) is 0 Å². The second kappa shape index (κ2) is 6.97. The molecule has 4 heteroatoms. The minimum atomic E-state index is -0.164. The maximum Gasteiger partial charge on any atom is 0.234 e. The molecule has 0 aliphatic rings. The Bertz CT molecular complexity index is 242. The van der Waals surface area contributed by atoms with E-state index in [1.165, 1.54) is 0 Å². The van der Waals surface area contributed by atoms with Gasteiger partial charge in [-0.2, -0.15) is 0 Å². The third-order valence-electron chi connectivity index (χ3n) is 3.48. The van der Waals surface area contributed by atoms with E-state index >= 15 is 0 Å². The summed E-state index contributed by atoms with van der Waals surface area (Å²) in [5.74, 6) is 0.00876. The number of rotatable bonds is 8. The smallest absolute Gasteiger partial charge is 0.234 e. The quantitative estimate of drug-likeness (QED) is 0.605. The van der Waals surface area contributed by atoms with E-state index in [9.17, 15) is 4.79 Å². The molecule has 1 unspecified atom stereocenters. The monoisotopic (exact) mass is 244 g/mol. The number of nitrogens with one attached hydrogen (secondary N) is 2. The van der Waals surface area contributed by atoms with E-state index in [4.69, 9.17) is 5.11 Å². The van der Waals surface area contributed by atoms with Crippen molar-refractivity contribution in [2.24, 2.45) is 0 Å². The van der Waals surface area contributed by atoms with Crippen LogP contribution in [0.3, 0.4) is 0 Å². The van der Waals surface area contributed by atoms with Crippen LogP contribution in [0.1, 0.15) is 53.9 Å². The molecule has 0 spiro atoms. The highest BCUT2D eigenvalue weighted by molar-refractivity contribution is 5.78. The van der Waals surface area contributed by atoms with Gasteiger partial charge in [-0.1, -0.05) is 13.8 Å². The van der Waals surface area contributed by atoms with E-state index in [-0.39, 0.29) is 23.6 Å². The third kappa shape index (κ3) is 6.64. The first-order valence-corrected chi connectivity index (χ1v) is 6.45. The molecule has 0 heterocycles. The fraction of sp³-hybridized carbons (Fsp3) is 0.923. The highest BCUT2D eigenvalue weighted by Gasteiger charge is 2.23. The molecule has 102 valence electrons. The van der Waals surface area contributed by atoms with Crippen LogP contribution in [0.5, 0.6) is 0 Å². The molecular weight excluding hydrogens is 216 g/mol. The van der Waals surface area contributed by atoms with Crippen molar-refractivity contribution in [2.45, 2.75) is 65.0 Å². The average Bonchev–Trinajstić information content (AvgIpc) is 2.26. The summed E-state index contributed by atoms with van der Waals surface area (Å²) >= 11 is 0. The van der Waals surface area contributed by atoms with Crippen LogP contribution in [0.25, 0.3) is 0 Å². The first kappa shape index (κ1) is 16.4. The number of aliphatic hydroxyl groups is 1. The number of hydrogen-bond donors (Lipinski definition) is 3. The van der Waals surface area contributed by atoms with Crippen LogP contribution in [-0.2, 0) is 4.79 Å². The zero-order valence-corrected chi connectivity index (χ0v) is 11.9. The minimum absolute atomic E-state index is 0.00876. The van der Waals surface area contributed by atoms with Gasteiger partial charge in [-0.15, -0.1) is 0 Å². The number of carbonyl (C=O) groups excluding carboxylic acids is 1. The molecule has 0 bridgehead atoms. The molecule has 0 aromatic rings. The number of aliphatic hydroxyl groups excluding tert-OH is 1. The molecule has 3 N–H and O–H groups in total. The molecule has 4 nitrogen and oxygen atoms in total. The lowest BCUT2D eigenvalue weighted by Crippen LogP contribution is -2.51. The zero-order chi connectivity index (χ0) is 13.5. The second-order valence-corrected chi connectivity index (χ2v) is 5.53. The van der Waals surface area contributed by atoms with Crippen LogP contribution in [0.4, 0.5) is 0 Å². The van der Waals surface area contributed by atoms with Crippen LogP contribution in [0.2, 0.25) is 0 Å². The van der Waals surface area contributed by atoms with Crippen LogP contribution >= 0.6 is 0 Å². The predicted octanol–water partition coefficient (Wildman–Crippen LogP) is 1.43. The maximum atomic E-state index is 11.7. The van der Waals surface area contributed by atoms with Crippen molar-refractivity contribution in [3.05, 3.63) is 0 Å². The largest absolute Gasteiger partial charge is 0.396 e. The standard InChI is InChI=1S/C13H28N2O2/c1-6-12(3,4)15-11(17)10-14-13(5,7-2)8-9-16/h14,16H,6-10H2,1-5H3,(H,15,17). The van der Waals surface area contributed by atoms with Gasteiger partial charge in [-0.3, -0.25) is 4.79 Å². The Morgan fingerprint density at radius 2 is 1.76 bits per heavy atom. The van der Waals surface area contributed by atoms with Gasteiger partial charge in [-0.25, -0.2) is 0 Å². The Labute approximate surface area is 105 Å². The van der Waals surface area contributed by atoms with Crippen molar-refractivity contribution in [1.29, 1.82) is 0 Å². The molecule has 0 rings (SSSR count). The molecule has 0 saturated heterocycles. The SMILES string of the molecule is CCC(C)(C)NC(=O)CNC(C)(CC)CCO. The molecule has 0 radical (unpaired) electrons. The summed E-state index contributed by atoms with van der Waals surface area (Å²) in [6, 6.07) is 0. The molecule has 0 aliphatic carbocycles. The number of amides is 1. The zero-order valence-electron chi connectivity index (χ0n) is 11.9. The summed E-state index contributed by atoms with van der Waals surface area (Å²) < 4.78 is 0. The van der Waals surface area contributed by atoms with Gasteiger partial charge in [0.15, 0.2) is 0 Å². The van der Waals surface area contributed by atoms with Crippen molar-refractivity contribution in [2.75, 3.05) is 13.2 Å². The molecule has 0 aliphatic heterocycles. The molecule has 0 saturated carbocycles. The van der Waals surface area contributed by atoms with E-state index in [0.717, 1.165) is 12.8 Å². The Balaban J connectivity index is 4.14. The van der Waals surface area contributed by atoms with Crippen LogP contribution < -0.4 is 10.6 Å². The highest BCUT2D eigenvalue weighted by atomic mass is 16.3. The lowest BCUT2D eigenvalue weighted by molar-refractivity contribution is -0.122. The Hall–Kier alpha value is -0.610. The Morgan fingerprint density at radius 3 is 2.18 bits per heavy atom. The fourth-order valence-electron chi connectivity index (χ4n) is 1.44. The molecule has 1 atom stereocenters. The Kier molecular flexibility index (Phi) is 6.72. The topological polar surface area (TPSA) is 61.4 Å². The van der Waals surface area contributed by atoms with Gasteiger partial charge in [-0.05, 0) is 40.0 Å². The molecule has 17 heavy (non-hydrogen) atoms. The van der Waals surface area contributed by atoms with Crippen LogP contribution in [0, 0.1) is 0 Å². The van der Waals surface area contributed by atoms with Gasteiger partial charge < -0.3 is 15.7 Å². The lowest BCUT2D eigenvalue weighted by Gasteiger charge is -2.30. The molecule has 0 fully saturated rings. The third-order valence-corrected chi connectivity index (χ3v) is 3.48. The molecule has 0 aromatic carbocycles. The fourth-order valence-corrected chi connectivity index (χ4v) is 1.44. The number of carbonyl (C=O) groups is 1. The second-order valence-electron chi connectivity index (χ2n) is 5.53. The number of hydrogen-bond acceptors (Lipinski definition) is 3. The first-order valence-electron chi connectivity index (χ1n) is 6.45. The summed E-state index contributed by atoms with van der Waals surface area (Å²) in [5, 5.41) is 15.2. The van der Waals surface area contributed by atoms with Gasteiger partial charge >= 0.3 is 0 Å². The highest BCUT2D eigenvalue weighted by Crippen LogP contribution is 2.13. The van der Waals surface area contributed by atoms with Gasteiger partial charge in [0.25, 0.3) is 0 Å². The average molecular weight is 244 g/mol. The summed E-state index contributed by atoms with van der Waals surface area (Å²) in [5.41, 5.74) is -0.319. The maximum absolute atomic E-state index is 11.7.